The van der Waals surface area contributed by atoms with Crippen molar-refractivity contribution in [3.05, 3.63) is 36.2 Å². The summed E-state index contributed by atoms with van der Waals surface area (Å²) in [6, 6.07) is -0.139. The van der Waals surface area contributed by atoms with Gasteiger partial charge in [-0.05, 0) is 25.2 Å². The van der Waals surface area contributed by atoms with E-state index in [1.54, 1.807) is 31.4 Å². The summed E-state index contributed by atoms with van der Waals surface area (Å²) in [7, 11) is 0. The minimum Gasteiger partial charge on any atom is -0.462 e. The molecule has 0 spiro atoms. The third-order valence-corrected chi connectivity index (χ3v) is 3.37. The van der Waals surface area contributed by atoms with Crippen LogP contribution < -0.4 is 0 Å². The third kappa shape index (κ3) is 1.98. The van der Waals surface area contributed by atoms with Crippen molar-refractivity contribution in [3.63, 3.8) is 0 Å². The Morgan fingerprint density at radius 2 is 2.06 bits per heavy atom. The lowest BCUT2D eigenvalue weighted by Gasteiger charge is -2.41. The van der Waals surface area contributed by atoms with Gasteiger partial charge in [-0.3, -0.25) is 4.79 Å². The summed E-state index contributed by atoms with van der Waals surface area (Å²) < 4.78 is 4.98. The first-order chi connectivity index (χ1) is 8.46. The Labute approximate surface area is 107 Å². The molecule has 2 heterocycles. The maximum absolute atomic E-state index is 11.9. The van der Waals surface area contributed by atoms with Gasteiger partial charge in [0, 0.05) is 12.4 Å². The lowest BCUT2D eigenvalue weighted by molar-refractivity contribution is -0.138. The topological polar surface area (TPSA) is 46.6 Å². The molecule has 0 aromatic carbocycles. The van der Waals surface area contributed by atoms with Crippen molar-refractivity contribution >= 4 is 11.8 Å². The molecule has 96 valence electrons. The van der Waals surface area contributed by atoms with Gasteiger partial charge in [0.1, 0.15) is 0 Å². The van der Waals surface area contributed by atoms with Crippen molar-refractivity contribution in [2.75, 3.05) is 6.61 Å². The van der Waals surface area contributed by atoms with Gasteiger partial charge >= 0.3 is 5.97 Å². The number of rotatable bonds is 2. The fourth-order valence-corrected chi connectivity index (χ4v) is 2.16. The fourth-order valence-electron chi connectivity index (χ4n) is 2.16. The van der Waals surface area contributed by atoms with E-state index in [9.17, 15) is 9.59 Å². The maximum Gasteiger partial charge on any atom is 0.337 e. The standard InChI is InChI=1S/C14H17NO3/c1-4-18-13(17)10-5-7-15-8-6-12(16)14(2,3)11(15)9-10/h5-9,11H,4H2,1-3H3/t11-/m1/s1. The summed E-state index contributed by atoms with van der Waals surface area (Å²) in [5.74, 6) is -0.273. The third-order valence-electron chi connectivity index (χ3n) is 3.37. The highest BCUT2D eigenvalue weighted by Gasteiger charge is 2.40. The van der Waals surface area contributed by atoms with Crippen LogP contribution in [0.25, 0.3) is 0 Å². The van der Waals surface area contributed by atoms with Gasteiger partial charge in [0.25, 0.3) is 0 Å². The molecule has 0 saturated heterocycles. The van der Waals surface area contributed by atoms with E-state index in [2.05, 4.69) is 0 Å². The van der Waals surface area contributed by atoms with Crippen molar-refractivity contribution in [1.82, 2.24) is 4.90 Å². The van der Waals surface area contributed by atoms with Crippen molar-refractivity contribution in [2.24, 2.45) is 5.41 Å². The average Bonchev–Trinajstić information content (AvgIpc) is 2.34. The average molecular weight is 247 g/mol. The monoisotopic (exact) mass is 247 g/mol. The summed E-state index contributed by atoms with van der Waals surface area (Å²) in [5.41, 5.74) is -0.0358. The van der Waals surface area contributed by atoms with Crippen LogP contribution in [-0.4, -0.2) is 29.3 Å². The Kier molecular flexibility index (Phi) is 3.11. The minimum atomic E-state index is -0.544. The van der Waals surface area contributed by atoms with E-state index in [1.165, 1.54) is 0 Å². The maximum atomic E-state index is 11.9. The molecular formula is C14H17NO3. The van der Waals surface area contributed by atoms with E-state index >= 15 is 0 Å². The highest BCUT2D eigenvalue weighted by Crippen LogP contribution is 2.34. The highest BCUT2D eigenvalue weighted by atomic mass is 16.5. The van der Waals surface area contributed by atoms with E-state index in [4.69, 9.17) is 4.74 Å². The molecule has 2 rings (SSSR count). The Morgan fingerprint density at radius 1 is 1.39 bits per heavy atom. The van der Waals surface area contributed by atoms with E-state index < -0.39 is 5.41 Å². The Hall–Kier alpha value is -1.84. The molecule has 0 aromatic heterocycles. The second-order valence-electron chi connectivity index (χ2n) is 4.95. The summed E-state index contributed by atoms with van der Waals surface area (Å²) in [4.78, 5) is 25.5. The quantitative estimate of drug-likeness (QED) is 0.698. The number of esters is 1. The lowest BCUT2D eigenvalue weighted by atomic mass is 9.76. The molecular weight excluding hydrogens is 230 g/mol. The summed E-state index contributed by atoms with van der Waals surface area (Å²) >= 11 is 0. The first-order valence-corrected chi connectivity index (χ1v) is 6.04. The van der Waals surface area contributed by atoms with Crippen LogP contribution in [0.2, 0.25) is 0 Å². The molecule has 2 aliphatic heterocycles. The van der Waals surface area contributed by atoms with E-state index in [-0.39, 0.29) is 17.8 Å². The molecule has 0 N–H and O–H groups in total. The number of carbonyl (C=O) groups is 2. The number of hydrogen-bond donors (Lipinski definition) is 0. The Balaban J connectivity index is 2.32. The molecule has 4 nitrogen and oxygen atoms in total. The zero-order valence-electron chi connectivity index (χ0n) is 10.8. The lowest BCUT2D eigenvalue weighted by Crippen LogP contribution is -2.47. The van der Waals surface area contributed by atoms with Crippen LogP contribution in [0, 0.1) is 5.41 Å². The van der Waals surface area contributed by atoms with Crippen LogP contribution in [0.3, 0.4) is 0 Å². The van der Waals surface area contributed by atoms with Crippen molar-refractivity contribution in [2.45, 2.75) is 26.8 Å². The van der Waals surface area contributed by atoms with Gasteiger partial charge in [0.15, 0.2) is 5.78 Å². The van der Waals surface area contributed by atoms with Gasteiger partial charge in [-0.25, -0.2) is 4.79 Å². The van der Waals surface area contributed by atoms with E-state index in [0.29, 0.717) is 12.2 Å². The van der Waals surface area contributed by atoms with Crippen LogP contribution >= 0.6 is 0 Å². The minimum absolute atomic E-state index is 0.0681. The van der Waals surface area contributed by atoms with Gasteiger partial charge in [-0.1, -0.05) is 13.8 Å². The molecule has 2 aliphatic rings. The molecule has 0 bridgehead atoms. The predicted molar refractivity (Wildman–Crippen MR) is 67.4 cm³/mol. The number of nitrogens with zero attached hydrogens (tertiary/aromatic N) is 1. The fraction of sp³-hybridized carbons (Fsp3) is 0.429. The number of allylic oxidation sites excluding steroid dienone is 1. The van der Waals surface area contributed by atoms with Crippen LogP contribution in [0.15, 0.2) is 36.2 Å². The Bertz CT molecular complexity index is 471. The molecule has 0 saturated carbocycles. The number of hydrogen-bond acceptors (Lipinski definition) is 4. The molecule has 0 fully saturated rings. The number of ether oxygens (including phenoxy) is 1. The van der Waals surface area contributed by atoms with Gasteiger partial charge in [0.2, 0.25) is 0 Å². The normalized spacial score (nSPS) is 24.6. The van der Waals surface area contributed by atoms with Crippen LogP contribution in [-0.2, 0) is 14.3 Å². The number of ketones is 1. The van der Waals surface area contributed by atoms with Crippen molar-refractivity contribution < 1.29 is 14.3 Å². The largest absolute Gasteiger partial charge is 0.462 e. The summed E-state index contributed by atoms with van der Waals surface area (Å²) in [6.45, 7) is 5.89. The number of carbonyl (C=O) groups excluding carboxylic acids is 2. The highest BCUT2D eigenvalue weighted by molar-refractivity contribution is 5.97. The Morgan fingerprint density at radius 3 is 2.72 bits per heavy atom. The molecule has 0 aliphatic carbocycles. The smallest absolute Gasteiger partial charge is 0.337 e. The number of fused-ring (bicyclic) bond motifs is 1. The first-order valence-electron chi connectivity index (χ1n) is 6.04. The van der Waals surface area contributed by atoms with Gasteiger partial charge in [-0.2, -0.15) is 0 Å². The van der Waals surface area contributed by atoms with Gasteiger partial charge < -0.3 is 9.64 Å². The van der Waals surface area contributed by atoms with Crippen LogP contribution in [0.5, 0.6) is 0 Å². The SMILES string of the molecule is CCOC(=O)C1=C[C@H]2N(C=CC(=O)C2(C)C)C=C1. The van der Waals surface area contributed by atoms with Crippen LogP contribution in [0.4, 0.5) is 0 Å². The van der Waals surface area contributed by atoms with E-state index in [1.807, 2.05) is 24.9 Å². The van der Waals surface area contributed by atoms with Crippen molar-refractivity contribution in [3.8, 4) is 0 Å². The van der Waals surface area contributed by atoms with Crippen molar-refractivity contribution in [1.29, 1.82) is 0 Å². The van der Waals surface area contributed by atoms with Gasteiger partial charge in [0.05, 0.1) is 23.6 Å². The second-order valence-corrected chi connectivity index (χ2v) is 4.95. The van der Waals surface area contributed by atoms with E-state index in [0.717, 1.165) is 0 Å². The molecule has 0 amide bonds. The predicted octanol–water partition coefficient (Wildman–Crippen LogP) is 1.80. The molecule has 0 unspecified atom stereocenters. The first kappa shape index (κ1) is 12.6. The second kappa shape index (κ2) is 4.44. The molecule has 4 heteroatoms. The van der Waals surface area contributed by atoms with Crippen LogP contribution in [0.1, 0.15) is 20.8 Å². The zero-order chi connectivity index (χ0) is 13.3. The summed E-state index contributed by atoms with van der Waals surface area (Å²) in [6.07, 6.45) is 8.64. The molecule has 0 radical (unpaired) electrons. The zero-order valence-corrected chi connectivity index (χ0v) is 10.8. The molecule has 0 aromatic rings. The molecule has 1 atom stereocenters. The summed E-state index contributed by atoms with van der Waals surface area (Å²) in [5, 5.41) is 0. The molecule has 18 heavy (non-hydrogen) atoms. The van der Waals surface area contributed by atoms with Gasteiger partial charge in [-0.15, -0.1) is 0 Å².